The molecule has 0 saturated carbocycles. The fourth-order valence-corrected chi connectivity index (χ4v) is 4.77. The number of hydrogen-bond donors (Lipinski definition) is 1. The van der Waals surface area contributed by atoms with Crippen LogP contribution < -0.4 is 11.2 Å². The van der Waals surface area contributed by atoms with Crippen LogP contribution in [0.5, 0.6) is 0 Å². The van der Waals surface area contributed by atoms with Crippen molar-refractivity contribution in [2.75, 3.05) is 5.75 Å². The Bertz CT molecular complexity index is 1160. The Morgan fingerprint density at radius 2 is 2.04 bits per heavy atom. The van der Waals surface area contributed by atoms with Crippen molar-refractivity contribution < 1.29 is 8.78 Å². The van der Waals surface area contributed by atoms with E-state index in [1.807, 2.05) is 6.92 Å². The molecule has 2 heterocycles. The van der Waals surface area contributed by atoms with Gasteiger partial charge in [0.15, 0.2) is 0 Å². The van der Waals surface area contributed by atoms with Crippen molar-refractivity contribution in [2.45, 2.75) is 17.9 Å². The van der Waals surface area contributed by atoms with Crippen LogP contribution >= 0.6 is 23.4 Å². The summed E-state index contributed by atoms with van der Waals surface area (Å²) in [5, 5.41) is 0.440. The molecule has 8 heteroatoms. The predicted molar refractivity (Wildman–Crippen MR) is 94.6 cm³/mol. The molecule has 0 aliphatic carbocycles. The average Bonchev–Trinajstić information content (AvgIpc) is 2.54. The molecule has 0 fully saturated rings. The third-order valence-corrected chi connectivity index (χ3v) is 5.88. The van der Waals surface area contributed by atoms with Crippen LogP contribution in [0.25, 0.3) is 22.0 Å². The molecule has 0 unspecified atom stereocenters. The molecule has 4 nitrogen and oxygen atoms in total. The minimum atomic E-state index is -0.754. The minimum Gasteiger partial charge on any atom is -0.289 e. The molecule has 4 rings (SSSR count). The van der Waals surface area contributed by atoms with Gasteiger partial charge in [-0.25, -0.2) is 13.6 Å². The molecule has 0 spiro atoms. The number of nitrogens with zero attached hydrogens (tertiary/aromatic N) is 1. The van der Waals surface area contributed by atoms with E-state index in [0.29, 0.717) is 21.7 Å². The third-order valence-electron chi connectivity index (χ3n) is 4.24. The van der Waals surface area contributed by atoms with Crippen molar-refractivity contribution in [3.8, 4) is 11.1 Å². The normalized spacial score (nSPS) is 16.4. The quantitative estimate of drug-likeness (QED) is 0.695. The lowest BCUT2D eigenvalue weighted by molar-refractivity contribution is 0.582. The molecule has 2 aromatic carbocycles. The topological polar surface area (TPSA) is 54.9 Å². The lowest BCUT2D eigenvalue weighted by Gasteiger charge is -2.26. The summed E-state index contributed by atoms with van der Waals surface area (Å²) < 4.78 is 29.1. The second-order valence-corrected chi connectivity index (χ2v) is 7.31. The highest BCUT2D eigenvalue weighted by atomic mass is 35.5. The van der Waals surface area contributed by atoms with E-state index in [2.05, 4.69) is 4.98 Å². The standard InChI is InChI=1S/C17H11ClF2N2O2S/c1-7-6-25-15-13(9-3-2-8(19)4-12(9)20)11(18)5-10-14(15)22(7)17(24)21-16(10)23/h2-5,7H,6H2,1H3,(H,21,23,24)/t7-/m1/s1. The molecular weight excluding hydrogens is 370 g/mol. The van der Waals surface area contributed by atoms with E-state index in [-0.39, 0.29) is 22.0 Å². The Labute approximate surface area is 149 Å². The van der Waals surface area contributed by atoms with Crippen LogP contribution in [-0.4, -0.2) is 15.3 Å². The number of hydrogen-bond acceptors (Lipinski definition) is 3. The zero-order valence-electron chi connectivity index (χ0n) is 12.9. The van der Waals surface area contributed by atoms with E-state index in [0.717, 1.165) is 12.1 Å². The third kappa shape index (κ3) is 2.41. The lowest BCUT2D eigenvalue weighted by Crippen LogP contribution is -2.34. The highest BCUT2D eigenvalue weighted by molar-refractivity contribution is 7.99. The first-order valence-corrected chi connectivity index (χ1v) is 8.84. The maximum atomic E-state index is 14.3. The fourth-order valence-electron chi connectivity index (χ4n) is 3.14. The number of benzene rings is 2. The predicted octanol–water partition coefficient (Wildman–Crippen LogP) is 3.96. The zero-order chi connectivity index (χ0) is 17.9. The van der Waals surface area contributed by atoms with Gasteiger partial charge in [0, 0.05) is 33.9 Å². The molecule has 1 aromatic heterocycles. The largest absolute Gasteiger partial charge is 0.329 e. The average molecular weight is 381 g/mol. The van der Waals surface area contributed by atoms with Crippen LogP contribution in [0.2, 0.25) is 5.02 Å². The molecule has 3 aromatic rings. The molecule has 0 radical (unpaired) electrons. The maximum absolute atomic E-state index is 14.3. The summed E-state index contributed by atoms with van der Waals surface area (Å²) in [5.41, 5.74) is -0.132. The minimum absolute atomic E-state index is 0.129. The number of rotatable bonds is 1. The van der Waals surface area contributed by atoms with E-state index >= 15 is 0 Å². The zero-order valence-corrected chi connectivity index (χ0v) is 14.5. The van der Waals surface area contributed by atoms with Crippen molar-refractivity contribution >= 4 is 34.3 Å². The highest BCUT2D eigenvalue weighted by Gasteiger charge is 2.27. The molecule has 0 bridgehead atoms. The van der Waals surface area contributed by atoms with E-state index in [1.54, 1.807) is 0 Å². The summed E-state index contributed by atoms with van der Waals surface area (Å²) in [7, 11) is 0. The number of aromatic amines is 1. The molecule has 128 valence electrons. The van der Waals surface area contributed by atoms with Gasteiger partial charge in [0.2, 0.25) is 0 Å². The molecular formula is C17H11ClF2N2O2S. The maximum Gasteiger partial charge on any atom is 0.329 e. The Balaban J connectivity index is 2.20. The first-order chi connectivity index (χ1) is 11.9. The molecule has 25 heavy (non-hydrogen) atoms. The Hall–Kier alpha value is -2.12. The van der Waals surface area contributed by atoms with Gasteiger partial charge in [0.05, 0.1) is 15.9 Å². The van der Waals surface area contributed by atoms with Gasteiger partial charge in [0.1, 0.15) is 11.6 Å². The molecule has 0 saturated heterocycles. The Morgan fingerprint density at radius 1 is 1.28 bits per heavy atom. The highest BCUT2D eigenvalue weighted by Crippen LogP contribution is 2.45. The molecule has 1 N–H and O–H groups in total. The van der Waals surface area contributed by atoms with Crippen LogP contribution in [0.4, 0.5) is 8.78 Å². The van der Waals surface area contributed by atoms with Crippen molar-refractivity contribution in [1.29, 1.82) is 0 Å². The number of aromatic nitrogens is 2. The number of thioether (sulfide) groups is 1. The molecule has 0 amide bonds. The van der Waals surface area contributed by atoms with Gasteiger partial charge in [-0.3, -0.25) is 14.3 Å². The number of H-pyrrole nitrogens is 1. The van der Waals surface area contributed by atoms with Gasteiger partial charge in [-0.15, -0.1) is 11.8 Å². The molecule has 1 aliphatic heterocycles. The van der Waals surface area contributed by atoms with Crippen LogP contribution in [-0.2, 0) is 0 Å². The molecule has 1 aliphatic rings. The van der Waals surface area contributed by atoms with E-state index in [4.69, 9.17) is 11.6 Å². The Morgan fingerprint density at radius 3 is 2.76 bits per heavy atom. The second kappa shape index (κ2) is 5.71. The van der Waals surface area contributed by atoms with Gasteiger partial charge >= 0.3 is 5.69 Å². The van der Waals surface area contributed by atoms with Crippen molar-refractivity contribution in [3.63, 3.8) is 0 Å². The summed E-state index contributed by atoms with van der Waals surface area (Å²) >= 11 is 7.74. The second-order valence-electron chi connectivity index (χ2n) is 5.87. The van der Waals surface area contributed by atoms with Crippen LogP contribution in [0, 0.1) is 11.6 Å². The smallest absolute Gasteiger partial charge is 0.289 e. The summed E-state index contributed by atoms with van der Waals surface area (Å²) in [6.07, 6.45) is 0. The van der Waals surface area contributed by atoms with Crippen molar-refractivity contribution in [2.24, 2.45) is 0 Å². The van der Waals surface area contributed by atoms with E-state index < -0.39 is 22.9 Å². The summed E-state index contributed by atoms with van der Waals surface area (Å²) in [5.74, 6) is -0.888. The van der Waals surface area contributed by atoms with E-state index in [9.17, 15) is 18.4 Å². The van der Waals surface area contributed by atoms with E-state index in [1.165, 1.54) is 28.5 Å². The van der Waals surface area contributed by atoms with Gasteiger partial charge < -0.3 is 0 Å². The van der Waals surface area contributed by atoms with Crippen LogP contribution in [0.15, 0.2) is 38.8 Å². The Kier molecular flexibility index (Phi) is 3.73. The fraction of sp³-hybridized carbons (Fsp3) is 0.176. The SMILES string of the molecule is C[C@@H]1CSc2c(-c3ccc(F)cc3F)c(Cl)cc3c(=O)[nH]c(=O)n1c23. The summed E-state index contributed by atoms with van der Waals surface area (Å²) in [6.45, 7) is 1.86. The first kappa shape index (κ1) is 16.4. The number of halogens is 3. The summed E-state index contributed by atoms with van der Waals surface area (Å²) in [6, 6.07) is 4.52. The summed E-state index contributed by atoms with van der Waals surface area (Å²) in [4.78, 5) is 27.3. The monoisotopic (exact) mass is 380 g/mol. The van der Waals surface area contributed by atoms with Gasteiger partial charge in [-0.2, -0.15) is 0 Å². The van der Waals surface area contributed by atoms with Gasteiger partial charge in [-0.1, -0.05) is 11.6 Å². The molecule has 1 atom stereocenters. The van der Waals surface area contributed by atoms with Crippen molar-refractivity contribution in [3.05, 3.63) is 61.8 Å². The van der Waals surface area contributed by atoms with Gasteiger partial charge in [0.25, 0.3) is 5.56 Å². The first-order valence-electron chi connectivity index (χ1n) is 7.47. The van der Waals surface area contributed by atoms with Crippen molar-refractivity contribution in [1.82, 2.24) is 9.55 Å². The van der Waals surface area contributed by atoms with Gasteiger partial charge in [-0.05, 0) is 25.1 Å². The lowest BCUT2D eigenvalue weighted by atomic mass is 10.0. The van der Waals surface area contributed by atoms with Crippen LogP contribution in [0.1, 0.15) is 13.0 Å². The van der Waals surface area contributed by atoms with Crippen LogP contribution in [0.3, 0.4) is 0 Å². The number of nitrogens with one attached hydrogen (secondary N) is 1.